The van der Waals surface area contributed by atoms with Gasteiger partial charge in [-0.25, -0.2) is 30.4 Å². The van der Waals surface area contributed by atoms with Crippen molar-refractivity contribution in [2.75, 3.05) is 17.8 Å². The van der Waals surface area contributed by atoms with E-state index in [0.717, 1.165) is 6.07 Å². The normalized spacial score (nSPS) is 12.9. The molecule has 2 aromatic rings. The minimum Gasteiger partial charge on any atom is -0.280 e. The van der Waals surface area contributed by atoms with Crippen LogP contribution < -0.4 is 9.86 Å². The van der Waals surface area contributed by atoms with Gasteiger partial charge in [0.2, 0.25) is 20.0 Å². The average molecular weight is 462 g/mol. The highest BCUT2D eigenvalue weighted by molar-refractivity contribution is 7.92. The van der Waals surface area contributed by atoms with Crippen molar-refractivity contribution in [1.82, 2.24) is 4.31 Å². The molecule has 0 aliphatic carbocycles. The Kier molecular flexibility index (Phi) is 6.75. The molecule has 160 valence electrons. The van der Waals surface area contributed by atoms with Gasteiger partial charge in [-0.3, -0.25) is 4.72 Å². The quantitative estimate of drug-likeness (QED) is 0.609. The fourth-order valence-electron chi connectivity index (χ4n) is 2.69. The van der Waals surface area contributed by atoms with E-state index in [-0.39, 0.29) is 20.4 Å². The van der Waals surface area contributed by atoms with Crippen molar-refractivity contribution < 1.29 is 25.3 Å². The van der Waals surface area contributed by atoms with Gasteiger partial charge in [-0.1, -0.05) is 19.9 Å². The summed E-state index contributed by atoms with van der Waals surface area (Å²) in [4.78, 5) is -0.390. The first kappa shape index (κ1) is 23.3. The summed E-state index contributed by atoms with van der Waals surface area (Å²) in [5.41, 5.74) is 0.390. The Labute approximate surface area is 171 Å². The van der Waals surface area contributed by atoms with Crippen LogP contribution in [0.25, 0.3) is 0 Å². The van der Waals surface area contributed by atoms with Crippen LogP contribution in [0.1, 0.15) is 19.4 Å². The molecule has 0 saturated heterocycles. The summed E-state index contributed by atoms with van der Waals surface area (Å²) in [5.74, 6) is 0. The SMILES string of the molecule is CCN(CC)S(=O)(=O)c1ccc(S(=O)(=O)Nc2ccc(C)c(S(N)(=O)=O)c2)cc1. The number of benzene rings is 2. The molecule has 0 unspecified atom stereocenters. The average Bonchev–Trinajstić information content (AvgIpc) is 2.63. The summed E-state index contributed by atoms with van der Waals surface area (Å²) in [6.45, 7) is 5.54. The lowest BCUT2D eigenvalue weighted by molar-refractivity contribution is 0.445. The minimum atomic E-state index is -4.08. The number of nitrogens with one attached hydrogen (secondary N) is 1. The van der Waals surface area contributed by atoms with E-state index in [4.69, 9.17) is 5.14 Å². The summed E-state index contributed by atoms with van der Waals surface area (Å²) in [7, 11) is -11.8. The molecule has 0 fully saturated rings. The van der Waals surface area contributed by atoms with Crippen LogP contribution in [-0.4, -0.2) is 42.6 Å². The van der Waals surface area contributed by atoms with Crippen LogP contribution in [-0.2, 0) is 30.1 Å². The van der Waals surface area contributed by atoms with Crippen molar-refractivity contribution >= 4 is 35.8 Å². The second-order valence-corrected chi connectivity index (χ2v) is 11.3. The van der Waals surface area contributed by atoms with Crippen LogP contribution in [0.2, 0.25) is 0 Å². The Morgan fingerprint density at radius 2 is 1.38 bits per heavy atom. The number of nitrogens with two attached hydrogens (primary N) is 1. The van der Waals surface area contributed by atoms with Crippen molar-refractivity contribution in [2.24, 2.45) is 5.14 Å². The lowest BCUT2D eigenvalue weighted by Gasteiger charge is -2.18. The zero-order valence-corrected chi connectivity index (χ0v) is 18.6. The van der Waals surface area contributed by atoms with E-state index in [0.29, 0.717) is 18.7 Å². The zero-order chi connectivity index (χ0) is 22.0. The number of aryl methyl sites for hydroxylation is 1. The van der Waals surface area contributed by atoms with Gasteiger partial charge in [-0.15, -0.1) is 0 Å². The molecule has 0 saturated carbocycles. The summed E-state index contributed by atoms with van der Waals surface area (Å²) < 4.78 is 77.0. The molecule has 2 rings (SSSR count). The van der Waals surface area contributed by atoms with Gasteiger partial charge in [-0.05, 0) is 48.9 Å². The van der Waals surface area contributed by atoms with E-state index >= 15 is 0 Å². The Morgan fingerprint density at radius 1 is 0.862 bits per heavy atom. The maximum absolute atomic E-state index is 12.6. The Bertz CT molecular complexity index is 1200. The van der Waals surface area contributed by atoms with Crippen molar-refractivity contribution in [3.8, 4) is 0 Å². The van der Waals surface area contributed by atoms with E-state index in [2.05, 4.69) is 4.72 Å². The first-order valence-electron chi connectivity index (χ1n) is 8.59. The largest absolute Gasteiger partial charge is 0.280 e. The lowest BCUT2D eigenvalue weighted by atomic mass is 10.2. The fraction of sp³-hybridized carbons (Fsp3) is 0.294. The molecule has 2 aromatic carbocycles. The number of anilines is 1. The van der Waals surface area contributed by atoms with Gasteiger partial charge in [0.05, 0.1) is 20.4 Å². The van der Waals surface area contributed by atoms with Gasteiger partial charge < -0.3 is 0 Å². The first-order valence-corrected chi connectivity index (χ1v) is 13.1. The third-order valence-electron chi connectivity index (χ3n) is 4.22. The highest BCUT2D eigenvalue weighted by Gasteiger charge is 2.23. The molecule has 0 aromatic heterocycles. The van der Waals surface area contributed by atoms with Crippen LogP contribution in [0.3, 0.4) is 0 Å². The lowest BCUT2D eigenvalue weighted by Crippen LogP contribution is -2.30. The molecule has 9 nitrogen and oxygen atoms in total. The van der Waals surface area contributed by atoms with Gasteiger partial charge in [-0.2, -0.15) is 4.31 Å². The van der Waals surface area contributed by atoms with E-state index in [1.807, 2.05) is 0 Å². The van der Waals surface area contributed by atoms with E-state index in [1.54, 1.807) is 13.8 Å². The minimum absolute atomic E-state index is 0.0134. The summed E-state index contributed by atoms with van der Waals surface area (Å²) in [6.07, 6.45) is 0. The maximum Gasteiger partial charge on any atom is 0.261 e. The monoisotopic (exact) mass is 461 g/mol. The van der Waals surface area contributed by atoms with Gasteiger partial charge in [0, 0.05) is 13.1 Å². The fourth-order valence-corrected chi connectivity index (χ4v) is 6.00. The Balaban J connectivity index is 2.36. The molecule has 0 amide bonds. The molecule has 0 radical (unpaired) electrons. The highest BCUT2D eigenvalue weighted by atomic mass is 32.2. The smallest absolute Gasteiger partial charge is 0.261 e. The van der Waals surface area contributed by atoms with Gasteiger partial charge in [0.1, 0.15) is 0 Å². The standard InChI is InChI=1S/C17H23N3O6S3/c1-4-20(5-2)29(25,26)16-10-8-15(9-11-16)28(23,24)19-14-7-6-13(3)17(12-14)27(18,21)22/h6-12,19H,4-5H2,1-3H3,(H2,18,21,22). The van der Waals surface area contributed by atoms with E-state index in [1.165, 1.54) is 47.6 Å². The van der Waals surface area contributed by atoms with Crippen LogP contribution in [0, 0.1) is 6.92 Å². The molecule has 29 heavy (non-hydrogen) atoms. The zero-order valence-electron chi connectivity index (χ0n) is 16.2. The second-order valence-electron chi connectivity index (χ2n) is 6.19. The topological polar surface area (TPSA) is 144 Å². The molecule has 0 aliphatic rings. The van der Waals surface area contributed by atoms with Gasteiger partial charge in [0.15, 0.2) is 0 Å². The third kappa shape index (κ3) is 5.14. The summed E-state index contributed by atoms with van der Waals surface area (Å²) >= 11 is 0. The van der Waals surface area contributed by atoms with Crippen molar-refractivity contribution in [1.29, 1.82) is 0 Å². The molecule has 0 bridgehead atoms. The molecule has 0 aliphatic heterocycles. The van der Waals surface area contributed by atoms with Crippen molar-refractivity contribution in [3.05, 3.63) is 48.0 Å². The highest BCUT2D eigenvalue weighted by Crippen LogP contribution is 2.23. The van der Waals surface area contributed by atoms with Gasteiger partial charge in [0.25, 0.3) is 10.0 Å². The van der Waals surface area contributed by atoms with Crippen LogP contribution in [0.5, 0.6) is 0 Å². The predicted molar refractivity (Wildman–Crippen MR) is 110 cm³/mol. The number of nitrogens with zero attached hydrogens (tertiary/aromatic N) is 1. The number of primary sulfonamides is 1. The third-order valence-corrected chi connectivity index (χ3v) is 8.74. The van der Waals surface area contributed by atoms with Crippen molar-refractivity contribution in [2.45, 2.75) is 35.5 Å². The Morgan fingerprint density at radius 3 is 1.86 bits per heavy atom. The Hall–Kier alpha value is -1.99. The number of rotatable bonds is 8. The molecular weight excluding hydrogens is 438 g/mol. The first-order chi connectivity index (χ1) is 13.3. The number of sulfonamides is 3. The van der Waals surface area contributed by atoms with Crippen LogP contribution >= 0.6 is 0 Å². The summed E-state index contributed by atoms with van der Waals surface area (Å²) in [5, 5.41) is 5.14. The molecule has 0 spiro atoms. The van der Waals surface area contributed by atoms with Gasteiger partial charge >= 0.3 is 0 Å². The molecule has 3 N–H and O–H groups in total. The van der Waals surface area contributed by atoms with E-state index in [9.17, 15) is 25.3 Å². The number of hydrogen-bond donors (Lipinski definition) is 2. The predicted octanol–water partition coefficient (Wildman–Crippen LogP) is 1.47. The molecule has 12 heteroatoms. The molecule has 0 atom stereocenters. The van der Waals surface area contributed by atoms with Crippen LogP contribution in [0.4, 0.5) is 5.69 Å². The molecule has 0 heterocycles. The maximum atomic E-state index is 12.6. The number of hydrogen-bond acceptors (Lipinski definition) is 6. The van der Waals surface area contributed by atoms with E-state index < -0.39 is 30.1 Å². The van der Waals surface area contributed by atoms with Crippen molar-refractivity contribution in [3.63, 3.8) is 0 Å². The second kappa shape index (κ2) is 8.40. The molecular formula is C17H23N3O6S3. The van der Waals surface area contributed by atoms with Crippen LogP contribution in [0.15, 0.2) is 57.2 Å². The summed E-state index contributed by atoms with van der Waals surface area (Å²) in [6, 6.07) is 8.74.